The fourth-order valence-corrected chi connectivity index (χ4v) is 2.07. The highest BCUT2D eigenvalue weighted by atomic mass is 35.5. The molecule has 3 heteroatoms. The van der Waals surface area contributed by atoms with Gasteiger partial charge in [0, 0.05) is 12.3 Å². The Hall–Kier alpha value is -0.730. The summed E-state index contributed by atoms with van der Waals surface area (Å²) in [6, 6.07) is 0. The van der Waals surface area contributed by atoms with Crippen molar-refractivity contribution in [2.24, 2.45) is 0 Å². The lowest BCUT2D eigenvalue weighted by molar-refractivity contribution is 0.0500. The van der Waals surface area contributed by atoms with E-state index in [1.54, 1.807) is 0 Å². The maximum absolute atomic E-state index is 5.87. The van der Waals surface area contributed by atoms with Crippen molar-refractivity contribution in [2.45, 2.75) is 18.9 Å². The molecular formula is C11H13ClO2. The molecule has 0 radical (unpaired) electrons. The van der Waals surface area contributed by atoms with Crippen molar-refractivity contribution >= 4 is 11.6 Å². The molecule has 0 bridgehead atoms. The maximum Gasteiger partial charge on any atom is 0.189 e. The van der Waals surface area contributed by atoms with E-state index in [0.29, 0.717) is 12.7 Å². The summed E-state index contributed by atoms with van der Waals surface area (Å²) in [5.41, 5.74) is 2.47. The zero-order chi connectivity index (χ0) is 9.97. The standard InChI is InChI=1S/C11H13ClO2/c1-2-3-8-4-10-11(14-7-13-10)5-9(8)6-12/h2,5,10H,1,3-4,6-7H2. The first-order chi connectivity index (χ1) is 6.85. The monoisotopic (exact) mass is 212 g/mol. The van der Waals surface area contributed by atoms with Gasteiger partial charge in [0.2, 0.25) is 0 Å². The lowest BCUT2D eigenvalue weighted by Crippen LogP contribution is -2.14. The predicted octanol–water partition coefficient (Wildman–Crippen LogP) is 2.76. The van der Waals surface area contributed by atoms with Gasteiger partial charge in [-0.3, -0.25) is 0 Å². The highest BCUT2D eigenvalue weighted by Gasteiger charge is 2.28. The topological polar surface area (TPSA) is 18.5 Å². The molecule has 2 rings (SSSR count). The van der Waals surface area contributed by atoms with Crippen molar-refractivity contribution in [3.63, 3.8) is 0 Å². The van der Waals surface area contributed by atoms with Crippen LogP contribution in [0, 0.1) is 0 Å². The van der Waals surface area contributed by atoms with Crippen LogP contribution in [0.1, 0.15) is 12.8 Å². The molecule has 0 saturated carbocycles. The first kappa shape index (κ1) is 9.81. The van der Waals surface area contributed by atoms with Gasteiger partial charge >= 0.3 is 0 Å². The van der Waals surface area contributed by atoms with E-state index in [9.17, 15) is 0 Å². The number of hydrogen-bond donors (Lipinski definition) is 0. The van der Waals surface area contributed by atoms with Crippen LogP contribution in [-0.2, 0) is 9.47 Å². The second-order valence-corrected chi connectivity index (χ2v) is 3.69. The fourth-order valence-electron chi connectivity index (χ4n) is 1.80. The second-order valence-electron chi connectivity index (χ2n) is 3.42. The Balaban J connectivity index is 2.23. The molecule has 14 heavy (non-hydrogen) atoms. The lowest BCUT2D eigenvalue weighted by Gasteiger charge is -2.19. The molecule has 0 spiro atoms. The van der Waals surface area contributed by atoms with Crippen LogP contribution in [0.3, 0.4) is 0 Å². The van der Waals surface area contributed by atoms with E-state index in [2.05, 4.69) is 6.58 Å². The Morgan fingerprint density at radius 3 is 3.21 bits per heavy atom. The summed E-state index contributed by atoms with van der Waals surface area (Å²) in [5, 5.41) is 0. The minimum atomic E-state index is 0.108. The Kier molecular flexibility index (Phi) is 2.94. The van der Waals surface area contributed by atoms with Crippen LogP contribution >= 0.6 is 11.6 Å². The van der Waals surface area contributed by atoms with Crippen molar-refractivity contribution in [3.05, 3.63) is 35.6 Å². The van der Waals surface area contributed by atoms with E-state index in [-0.39, 0.29) is 6.10 Å². The highest BCUT2D eigenvalue weighted by molar-refractivity contribution is 6.19. The molecule has 76 valence electrons. The summed E-state index contributed by atoms with van der Waals surface area (Å²) in [5.74, 6) is 1.46. The summed E-state index contributed by atoms with van der Waals surface area (Å²) in [4.78, 5) is 0. The van der Waals surface area contributed by atoms with E-state index >= 15 is 0 Å². The van der Waals surface area contributed by atoms with Gasteiger partial charge in [-0.1, -0.05) is 11.6 Å². The average Bonchev–Trinajstić information content (AvgIpc) is 2.64. The zero-order valence-electron chi connectivity index (χ0n) is 7.96. The number of alkyl halides is 1. The number of allylic oxidation sites excluding steroid dienone is 3. The van der Waals surface area contributed by atoms with Crippen molar-refractivity contribution in [2.75, 3.05) is 12.7 Å². The molecular weight excluding hydrogens is 200 g/mol. The molecule has 2 aliphatic rings. The molecule has 1 aliphatic carbocycles. The van der Waals surface area contributed by atoms with Gasteiger partial charge in [-0.25, -0.2) is 0 Å². The summed E-state index contributed by atoms with van der Waals surface area (Å²) < 4.78 is 10.8. The largest absolute Gasteiger partial charge is 0.469 e. The molecule has 1 heterocycles. The van der Waals surface area contributed by atoms with Gasteiger partial charge in [0.1, 0.15) is 11.9 Å². The summed E-state index contributed by atoms with van der Waals surface area (Å²) >= 11 is 5.87. The average molecular weight is 213 g/mol. The van der Waals surface area contributed by atoms with Gasteiger partial charge in [0.15, 0.2) is 6.79 Å². The van der Waals surface area contributed by atoms with Crippen molar-refractivity contribution in [3.8, 4) is 0 Å². The molecule has 0 aromatic rings. The number of rotatable bonds is 3. The Morgan fingerprint density at radius 1 is 1.64 bits per heavy atom. The summed E-state index contributed by atoms with van der Waals surface area (Å²) in [7, 11) is 0. The van der Waals surface area contributed by atoms with E-state index in [1.165, 1.54) is 5.57 Å². The first-order valence-corrected chi connectivity index (χ1v) is 5.22. The third kappa shape index (κ3) is 1.72. The normalized spacial score (nSPS) is 25.5. The molecule has 1 unspecified atom stereocenters. The number of ether oxygens (including phenoxy) is 2. The molecule has 1 saturated heterocycles. The molecule has 1 aliphatic heterocycles. The third-order valence-electron chi connectivity index (χ3n) is 2.55. The lowest BCUT2D eigenvalue weighted by atomic mass is 9.93. The molecule has 0 amide bonds. The van der Waals surface area contributed by atoms with E-state index in [0.717, 1.165) is 24.2 Å². The SMILES string of the molecule is C=CCC1=C(CCl)C=C2OCOC2C1. The minimum absolute atomic E-state index is 0.108. The Morgan fingerprint density at radius 2 is 2.50 bits per heavy atom. The molecule has 1 fully saturated rings. The van der Waals surface area contributed by atoms with Gasteiger partial charge in [0.05, 0.1) is 0 Å². The highest BCUT2D eigenvalue weighted by Crippen LogP contribution is 2.33. The van der Waals surface area contributed by atoms with Gasteiger partial charge in [-0.15, -0.1) is 18.2 Å². The Bertz CT molecular complexity index is 304. The van der Waals surface area contributed by atoms with Crippen LogP contribution in [0.4, 0.5) is 0 Å². The molecule has 0 aromatic carbocycles. The summed E-state index contributed by atoms with van der Waals surface area (Å²) in [6.07, 6.45) is 5.78. The van der Waals surface area contributed by atoms with E-state index in [4.69, 9.17) is 21.1 Å². The fraction of sp³-hybridized carbons (Fsp3) is 0.455. The number of fused-ring (bicyclic) bond motifs is 1. The third-order valence-corrected chi connectivity index (χ3v) is 2.84. The number of hydrogen-bond acceptors (Lipinski definition) is 2. The van der Waals surface area contributed by atoms with Crippen LogP contribution in [0.5, 0.6) is 0 Å². The zero-order valence-corrected chi connectivity index (χ0v) is 8.72. The smallest absolute Gasteiger partial charge is 0.189 e. The van der Waals surface area contributed by atoms with Crippen LogP contribution in [-0.4, -0.2) is 18.8 Å². The van der Waals surface area contributed by atoms with Crippen molar-refractivity contribution in [1.82, 2.24) is 0 Å². The molecule has 0 N–H and O–H groups in total. The van der Waals surface area contributed by atoms with Crippen molar-refractivity contribution in [1.29, 1.82) is 0 Å². The second kappa shape index (κ2) is 4.20. The van der Waals surface area contributed by atoms with Gasteiger partial charge < -0.3 is 9.47 Å². The van der Waals surface area contributed by atoms with Crippen LogP contribution in [0.25, 0.3) is 0 Å². The van der Waals surface area contributed by atoms with E-state index < -0.39 is 0 Å². The molecule has 2 nitrogen and oxygen atoms in total. The molecule has 0 aromatic heterocycles. The van der Waals surface area contributed by atoms with E-state index in [1.807, 2.05) is 12.2 Å². The van der Waals surface area contributed by atoms with Crippen LogP contribution in [0.2, 0.25) is 0 Å². The predicted molar refractivity (Wildman–Crippen MR) is 56.1 cm³/mol. The molecule has 1 atom stereocenters. The minimum Gasteiger partial charge on any atom is -0.469 e. The van der Waals surface area contributed by atoms with Gasteiger partial charge in [0.25, 0.3) is 0 Å². The Labute approximate surface area is 88.8 Å². The maximum atomic E-state index is 5.87. The first-order valence-electron chi connectivity index (χ1n) is 4.69. The quantitative estimate of drug-likeness (QED) is 0.529. The van der Waals surface area contributed by atoms with Crippen LogP contribution in [0.15, 0.2) is 35.6 Å². The van der Waals surface area contributed by atoms with Crippen LogP contribution < -0.4 is 0 Å². The number of halogens is 1. The van der Waals surface area contributed by atoms with Crippen molar-refractivity contribution < 1.29 is 9.47 Å². The summed E-state index contributed by atoms with van der Waals surface area (Å²) in [6.45, 7) is 4.11. The van der Waals surface area contributed by atoms with Gasteiger partial charge in [-0.05, 0) is 18.1 Å². The van der Waals surface area contributed by atoms with Gasteiger partial charge in [-0.2, -0.15) is 0 Å².